The fraction of sp³-hybridized carbons (Fsp3) is 0.320. The van der Waals surface area contributed by atoms with Crippen molar-refractivity contribution in [2.75, 3.05) is 19.9 Å². The predicted molar refractivity (Wildman–Crippen MR) is 122 cm³/mol. The highest BCUT2D eigenvalue weighted by molar-refractivity contribution is 5.95. The monoisotopic (exact) mass is 446 g/mol. The van der Waals surface area contributed by atoms with E-state index < -0.39 is 0 Å². The van der Waals surface area contributed by atoms with Crippen LogP contribution in [0.15, 0.2) is 42.5 Å². The molecule has 0 saturated carbocycles. The van der Waals surface area contributed by atoms with Crippen molar-refractivity contribution in [3.63, 3.8) is 0 Å². The number of hydrogen-bond acceptors (Lipinski definition) is 5. The van der Waals surface area contributed by atoms with Crippen LogP contribution in [-0.4, -0.2) is 52.8 Å². The van der Waals surface area contributed by atoms with Crippen molar-refractivity contribution < 1.29 is 19.1 Å². The largest absolute Gasteiger partial charge is 0.454 e. The molecule has 2 N–H and O–H groups in total. The van der Waals surface area contributed by atoms with Crippen LogP contribution in [0.3, 0.4) is 0 Å². The summed E-state index contributed by atoms with van der Waals surface area (Å²) in [6, 6.07) is 13.2. The summed E-state index contributed by atoms with van der Waals surface area (Å²) in [5.74, 6) is 1.02. The number of likely N-dealkylation sites (tertiary alicyclic amines) is 1. The Morgan fingerprint density at radius 1 is 1.03 bits per heavy atom. The third kappa shape index (κ3) is 4.28. The molecule has 2 aliphatic rings. The summed E-state index contributed by atoms with van der Waals surface area (Å²) >= 11 is 0. The smallest absolute Gasteiger partial charge is 0.271 e. The van der Waals surface area contributed by atoms with Gasteiger partial charge in [0.2, 0.25) is 6.79 Å². The second-order valence-electron chi connectivity index (χ2n) is 8.59. The molecule has 1 aromatic heterocycles. The first kappa shape index (κ1) is 21.1. The molecule has 170 valence electrons. The van der Waals surface area contributed by atoms with E-state index in [0.29, 0.717) is 48.7 Å². The second-order valence-corrected chi connectivity index (χ2v) is 8.59. The summed E-state index contributed by atoms with van der Waals surface area (Å²) in [5.41, 5.74) is 5.11. The van der Waals surface area contributed by atoms with Crippen molar-refractivity contribution in [1.29, 1.82) is 0 Å². The molecule has 0 bridgehead atoms. The average molecular weight is 447 g/mol. The number of aromatic amines is 1. The van der Waals surface area contributed by atoms with Crippen molar-refractivity contribution in [1.82, 2.24) is 20.4 Å². The number of piperidine rings is 1. The molecule has 0 unspecified atom stereocenters. The minimum atomic E-state index is -0.148. The molecule has 2 amide bonds. The van der Waals surface area contributed by atoms with Gasteiger partial charge >= 0.3 is 0 Å². The second kappa shape index (κ2) is 8.61. The first-order chi connectivity index (χ1) is 16.0. The molecular weight excluding hydrogens is 420 g/mol. The number of rotatable bonds is 4. The predicted octanol–water partition coefficient (Wildman–Crippen LogP) is 3.46. The Bertz CT molecular complexity index is 1210. The maximum atomic E-state index is 13.0. The zero-order valence-corrected chi connectivity index (χ0v) is 18.7. The molecule has 0 aliphatic carbocycles. The fourth-order valence-corrected chi connectivity index (χ4v) is 4.37. The highest BCUT2D eigenvalue weighted by atomic mass is 16.7. The van der Waals surface area contributed by atoms with E-state index in [1.54, 1.807) is 18.2 Å². The maximum absolute atomic E-state index is 13.0. The van der Waals surface area contributed by atoms with Gasteiger partial charge in [-0.05, 0) is 56.5 Å². The van der Waals surface area contributed by atoms with E-state index in [9.17, 15) is 9.59 Å². The SMILES string of the molecule is Cc1ccc(-c2cc(C(=O)N3CCC(NC(=O)c4ccc5c(c4)OCO5)CC3)[nH]n2)c(C)c1. The van der Waals surface area contributed by atoms with Crippen LogP contribution in [-0.2, 0) is 0 Å². The number of H-pyrrole nitrogens is 1. The minimum absolute atomic E-state index is 0.0134. The van der Waals surface area contributed by atoms with Gasteiger partial charge in [-0.15, -0.1) is 0 Å². The van der Waals surface area contributed by atoms with Crippen LogP contribution in [0.5, 0.6) is 11.5 Å². The Morgan fingerprint density at radius 3 is 2.61 bits per heavy atom. The van der Waals surface area contributed by atoms with Gasteiger partial charge in [0.1, 0.15) is 5.69 Å². The van der Waals surface area contributed by atoms with Crippen LogP contribution in [0.25, 0.3) is 11.3 Å². The van der Waals surface area contributed by atoms with Crippen LogP contribution in [0, 0.1) is 13.8 Å². The third-order valence-corrected chi connectivity index (χ3v) is 6.22. The molecule has 0 radical (unpaired) electrons. The lowest BCUT2D eigenvalue weighted by Gasteiger charge is -2.32. The number of ether oxygens (including phenoxy) is 2. The molecule has 1 fully saturated rings. The van der Waals surface area contributed by atoms with Gasteiger partial charge in [0.05, 0.1) is 5.69 Å². The Labute approximate surface area is 191 Å². The van der Waals surface area contributed by atoms with Crippen molar-refractivity contribution in [2.45, 2.75) is 32.7 Å². The highest BCUT2D eigenvalue weighted by Gasteiger charge is 2.26. The number of carbonyl (C=O) groups excluding carboxylic acids is 2. The van der Waals surface area contributed by atoms with E-state index in [0.717, 1.165) is 16.8 Å². The topological polar surface area (TPSA) is 96.5 Å². The van der Waals surface area contributed by atoms with Gasteiger partial charge in [-0.1, -0.05) is 23.8 Å². The Morgan fingerprint density at radius 2 is 1.82 bits per heavy atom. The van der Waals surface area contributed by atoms with Gasteiger partial charge < -0.3 is 19.7 Å². The van der Waals surface area contributed by atoms with E-state index in [4.69, 9.17) is 9.47 Å². The number of fused-ring (bicyclic) bond motifs is 1. The minimum Gasteiger partial charge on any atom is -0.454 e. The maximum Gasteiger partial charge on any atom is 0.271 e. The van der Waals surface area contributed by atoms with E-state index in [1.807, 2.05) is 30.0 Å². The number of nitrogens with zero attached hydrogens (tertiary/aromatic N) is 2. The van der Waals surface area contributed by atoms with Crippen LogP contribution in [0.1, 0.15) is 44.8 Å². The fourth-order valence-electron chi connectivity index (χ4n) is 4.37. The highest BCUT2D eigenvalue weighted by Crippen LogP contribution is 2.32. The standard InChI is InChI=1S/C25H26N4O4/c1-15-3-5-19(16(2)11-15)20-13-21(28-27-20)25(31)29-9-7-18(8-10-29)26-24(30)17-4-6-22-23(12-17)33-14-32-22/h3-6,11-13,18H,7-10,14H2,1-2H3,(H,26,30)(H,27,28). The van der Waals surface area contributed by atoms with E-state index >= 15 is 0 Å². The van der Waals surface area contributed by atoms with Crippen LogP contribution >= 0.6 is 0 Å². The molecule has 8 heteroatoms. The number of hydrogen-bond donors (Lipinski definition) is 2. The number of aryl methyl sites for hydroxylation is 2. The molecule has 33 heavy (non-hydrogen) atoms. The first-order valence-electron chi connectivity index (χ1n) is 11.1. The Kier molecular flexibility index (Phi) is 5.50. The van der Waals surface area contributed by atoms with E-state index in [-0.39, 0.29) is 24.6 Å². The van der Waals surface area contributed by atoms with Crippen LogP contribution in [0.4, 0.5) is 0 Å². The molecule has 2 aliphatic heterocycles. The van der Waals surface area contributed by atoms with Crippen molar-refractivity contribution in [2.24, 2.45) is 0 Å². The molecule has 5 rings (SSSR count). The zero-order valence-electron chi connectivity index (χ0n) is 18.7. The van der Waals surface area contributed by atoms with Crippen molar-refractivity contribution in [3.05, 3.63) is 64.8 Å². The third-order valence-electron chi connectivity index (χ3n) is 6.22. The van der Waals surface area contributed by atoms with E-state index in [2.05, 4.69) is 28.5 Å². The molecule has 8 nitrogen and oxygen atoms in total. The molecular formula is C25H26N4O4. The number of benzene rings is 2. The summed E-state index contributed by atoms with van der Waals surface area (Å²) in [6.45, 7) is 5.42. The van der Waals surface area contributed by atoms with Gasteiger partial charge in [-0.3, -0.25) is 14.7 Å². The summed E-state index contributed by atoms with van der Waals surface area (Å²) in [5, 5.41) is 10.3. The lowest BCUT2D eigenvalue weighted by molar-refractivity contribution is 0.0692. The number of aromatic nitrogens is 2. The van der Waals surface area contributed by atoms with Crippen molar-refractivity contribution >= 4 is 11.8 Å². The molecule has 3 aromatic rings. The zero-order chi connectivity index (χ0) is 22.9. The number of nitrogens with one attached hydrogen (secondary N) is 2. The molecule has 3 heterocycles. The molecule has 0 spiro atoms. The van der Waals surface area contributed by atoms with Gasteiger partial charge in [-0.25, -0.2) is 0 Å². The Balaban J connectivity index is 1.18. The van der Waals surface area contributed by atoms with Gasteiger partial charge in [0, 0.05) is 30.3 Å². The lowest BCUT2D eigenvalue weighted by Crippen LogP contribution is -2.46. The molecule has 1 saturated heterocycles. The van der Waals surface area contributed by atoms with Gasteiger partial charge in [0.25, 0.3) is 11.8 Å². The van der Waals surface area contributed by atoms with Crippen molar-refractivity contribution in [3.8, 4) is 22.8 Å². The van der Waals surface area contributed by atoms with Crippen LogP contribution < -0.4 is 14.8 Å². The Hall–Kier alpha value is -3.81. The number of carbonyl (C=O) groups is 2. The average Bonchev–Trinajstić information content (AvgIpc) is 3.48. The summed E-state index contributed by atoms with van der Waals surface area (Å²) < 4.78 is 10.6. The summed E-state index contributed by atoms with van der Waals surface area (Å²) in [7, 11) is 0. The lowest BCUT2D eigenvalue weighted by atomic mass is 10.0. The molecule has 0 atom stereocenters. The quantitative estimate of drug-likeness (QED) is 0.640. The normalized spacial score (nSPS) is 15.5. The number of amides is 2. The van der Waals surface area contributed by atoms with Gasteiger partial charge in [-0.2, -0.15) is 5.10 Å². The van der Waals surface area contributed by atoms with E-state index in [1.165, 1.54) is 5.56 Å². The molecule has 2 aromatic carbocycles. The van der Waals surface area contributed by atoms with Gasteiger partial charge in [0.15, 0.2) is 11.5 Å². The van der Waals surface area contributed by atoms with Crippen LogP contribution in [0.2, 0.25) is 0 Å². The first-order valence-corrected chi connectivity index (χ1v) is 11.1. The summed E-state index contributed by atoms with van der Waals surface area (Å²) in [6.07, 6.45) is 1.39. The summed E-state index contributed by atoms with van der Waals surface area (Å²) in [4.78, 5) is 27.4.